The maximum atomic E-state index is 10.7. The number of carboxylic acid groups (broad SMARTS) is 1. The molecule has 0 aromatic carbocycles. The quantitative estimate of drug-likeness (QED) is 0.776. The number of carboxylic acids is 1. The zero-order valence-electron chi connectivity index (χ0n) is 11.5. The van der Waals surface area contributed by atoms with Crippen LogP contribution in [0.3, 0.4) is 0 Å². The van der Waals surface area contributed by atoms with Gasteiger partial charge in [0, 0.05) is 18.5 Å². The normalized spacial score (nSPS) is 23.9. The van der Waals surface area contributed by atoms with Gasteiger partial charge in [-0.2, -0.15) is 0 Å². The maximum absolute atomic E-state index is 10.7. The molecular formula is C14H27NO2. The molecule has 3 heteroatoms. The zero-order valence-corrected chi connectivity index (χ0v) is 11.5. The summed E-state index contributed by atoms with van der Waals surface area (Å²) < 4.78 is 0. The molecule has 0 bridgehead atoms. The third-order valence-electron chi connectivity index (χ3n) is 3.98. The van der Waals surface area contributed by atoms with E-state index in [0.717, 1.165) is 13.0 Å². The molecule has 1 aliphatic rings. The van der Waals surface area contributed by atoms with Gasteiger partial charge >= 0.3 is 5.97 Å². The third kappa shape index (κ3) is 4.30. The molecule has 0 aromatic rings. The summed E-state index contributed by atoms with van der Waals surface area (Å²) in [6.07, 6.45) is 6.01. The number of carbonyl (C=O) groups is 1. The first-order valence-electron chi connectivity index (χ1n) is 7.03. The Morgan fingerprint density at radius 3 is 2.65 bits per heavy atom. The Bertz CT molecular complexity index is 240. The lowest BCUT2D eigenvalue weighted by molar-refractivity contribution is -0.137. The first-order chi connectivity index (χ1) is 8.06. The molecule has 2 atom stereocenters. The van der Waals surface area contributed by atoms with E-state index in [2.05, 4.69) is 25.7 Å². The van der Waals surface area contributed by atoms with Gasteiger partial charge in [0.05, 0.1) is 0 Å². The van der Waals surface area contributed by atoms with Crippen LogP contribution in [0.1, 0.15) is 59.3 Å². The van der Waals surface area contributed by atoms with Crippen molar-refractivity contribution in [2.45, 2.75) is 71.4 Å². The number of rotatable bonds is 6. The van der Waals surface area contributed by atoms with Gasteiger partial charge in [-0.25, -0.2) is 0 Å². The molecule has 2 unspecified atom stereocenters. The smallest absolute Gasteiger partial charge is 0.303 e. The summed E-state index contributed by atoms with van der Waals surface area (Å²) in [5.74, 6) is -0.00135. The Morgan fingerprint density at radius 1 is 1.41 bits per heavy atom. The van der Waals surface area contributed by atoms with E-state index in [1.54, 1.807) is 0 Å². The fourth-order valence-corrected chi connectivity index (χ4v) is 3.15. The van der Waals surface area contributed by atoms with Gasteiger partial charge in [-0.1, -0.05) is 27.2 Å². The topological polar surface area (TPSA) is 40.5 Å². The SMILES string of the molecule is CCC(C(C)C)N1CCCCC1CCC(=O)O. The second-order valence-corrected chi connectivity index (χ2v) is 5.54. The molecule has 3 nitrogen and oxygen atoms in total. The van der Waals surface area contributed by atoms with Gasteiger partial charge in [0.25, 0.3) is 0 Å². The lowest BCUT2D eigenvalue weighted by Gasteiger charge is -2.43. The standard InChI is InChI=1S/C14H27NO2/c1-4-13(11(2)3)15-10-6-5-7-12(15)8-9-14(16)17/h11-13H,4-10H2,1-3H3,(H,16,17). The van der Waals surface area contributed by atoms with Gasteiger partial charge in [0.1, 0.15) is 0 Å². The number of hydrogen-bond acceptors (Lipinski definition) is 2. The number of aliphatic carboxylic acids is 1. The fourth-order valence-electron chi connectivity index (χ4n) is 3.15. The second-order valence-electron chi connectivity index (χ2n) is 5.54. The first kappa shape index (κ1) is 14.5. The molecule has 0 saturated carbocycles. The summed E-state index contributed by atoms with van der Waals surface area (Å²) in [6, 6.07) is 1.11. The van der Waals surface area contributed by atoms with Crippen molar-refractivity contribution < 1.29 is 9.90 Å². The van der Waals surface area contributed by atoms with Crippen molar-refractivity contribution in [1.82, 2.24) is 4.90 Å². The Balaban J connectivity index is 2.60. The molecular weight excluding hydrogens is 214 g/mol. The van der Waals surface area contributed by atoms with Crippen LogP contribution in [0.5, 0.6) is 0 Å². The highest BCUT2D eigenvalue weighted by Crippen LogP contribution is 2.27. The monoisotopic (exact) mass is 241 g/mol. The summed E-state index contributed by atoms with van der Waals surface area (Å²) in [4.78, 5) is 13.3. The minimum absolute atomic E-state index is 0.315. The first-order valence-corrected chi connectivity index (χ1v) is 7.03. The maximum Gasteiger partial charge on any atom is 0.303 e. The molecule has 17 heavy (non-hydrogen) atoms. The van der Waals surface area contributed by atoms with Gasteiger partial charge in [0.15, 0.2) is 0 Å². The van der Waals surface area contributed by atoms with E-state index in [-0.39, 0.29) is 0 Å². The molecule has 0 amide bonds. The second kappa shape index (κ2) is 7.00. The number of nitrogens with zero attached hydrogens (tertiary/aromatic N) is 1. The fraction of sp³-hybridized carbons (Fsp3) is 0.929. The molecule has 1 aliphatic heterocycles. The van der Waals surface area contributed by atoms with Crippen molar-refractivity contribution >= 4 is 5.97 Å². The predicted octanol–water partition coefficient (Wildman–Crippen LogP) is 3.14. The Kier molecular flexibility index (Phi) is 5.96. The lowest BCUT2D eigenvalue weighted by Crippen LogP contribution is -2.48. The van der Waals surface area contributed by atoms with Gasteiger partial charge in [-0.15, -0.1) is 0 Å². The van der Waals surface area contributed by atoms with Crippen molar-refractivity contribution in [1.29, 1.82) is 0 Å². The van der Waals surface area contributed by atoms with E-state index in [1.165, 1.54) is 25.7 Å². The van der Waals surface area contributed by atoms with Crippen molar-refractivity contribution in [2.24, 2.45) is 5.92 Å². The van der Waals surface area contributed by atoms with Crippen LogP contribution < -0.4 is 0 Å². The van der Waals surface area contributed by atoms with Crippen molar-refractivity contribution in [3.63, 3.8) is 0 Å². The predicted molar refractivity (Wildman–Crippen MR) is 70.1 cm³/mol. The average Bonchev–Trinajstić information content (AvgIpc) is 2.28. The van der Waals surface area contributed by atoms with Crippen molar-refractivity contribution in [2.75, 3.05) is 6.54 Å². The van der Waals surface area contributed by atoms with Crippen molar-refractivity contribution in [3.05, 3.63) is 0 Å². The molecule has 1 saturated heterocycles. The largest absolute Gasteiger partial charge is 0.481 e. The molecule has 0 aliphatic carbocycles. The molecule has 1 rings (SSSR count). The Morgan fingerprint density at radius 2 is 2.12 bits per heavy atom. The van der Waals surface area contributed by atoms with Crippen LogP contribution in [0.15, 0.2) is 0 Å². The summed E-state index contributed by atoms with van der Waals surface area (Å²) in [7, 11) is 0. The molecule has 0 spiro atoms. The van der Waals surface area contributed by atoms with Crippen LogP contribution in [0.25, 0.3) is 0 Å². The lowest BCUT2D eigenvalue weighted by atomic mass is 9.91. The molecule has 1 fully saturated rings. The van der Waals surface area contributed by atoms with Crippen LogP contribution in [-0.4, -0.2) is 34.6 Å². The average molecular weight is 241 g/mol. The van der Waals surface area contributed by atoms with E-state index in [9.17, 15) is 4.79 Å². The number of hydrogen-bond donors (Lipinski definition) is 1. The zero-order chi connectivity index (χ0) is 12.8. The number of likely N-dealkylation sites (tertiary alicyclic amines) is 1. The summed E-state index contributed by atoms with van der Waals surface area (Å²) in [6.45, 7) is 7.95. The van der Waals surface area contributed by atoms with E-state index >= 15 is 0 Å². The molecule has 1 heterocycles. The minimum atomic E-state index is -0.659. The van der Waals surface area contributed by atoms with Gasteiger partial charge in [0.2, 0.25) is 0 Å². The highest BCUT2D eigenvalue weighted by Gasteiger charge is 2.29. The summed E-state index contributed by atoms with van der Waals surface area (Å²) in [5.41, 5.74) is 0. The van der Waals surface area contributed by atoms with Gasteiger partial charge < -0.3 is 5.11 Å². The van der Waals surface area contributed by atoms with Crippen LogP contribution >= 0.6 is 0 Å². The third-order valence-corrected chi connectivity index (χ3v) is 3.98. The van der Waals surface area contributed by atoms with Crippen molar-refractivity contribution in [3.8, 4) is 0 Å². The van der Waals surface area contributed by atoms with E-state index in [1.807, 2.05) is 0 Å². The minimum Gasteiger partial charge on any atom is -0.481 e. The van der Waals surface area contributed by atoms with E-state index < -0.39 is 5.97 Å². The molecule has 1 N–H and O–H groups in total. The molecule has 0 aromatic heterocycles. The molecule has 100 valence electrons. The van der Waals surface area contributed by atoms with E-state index in [4.69, 9.17) is 5.11 Å². The Hall–Kier alpha value is -0.570. The van der Waals surface area contributed by atoms with Crippen LogP contribution in [0, 0.1) is 5.92 Å². The van der Waals surface area contributed by atoms with Crippen LogP contribution in [0.4, 0.5) is 0 Å². The summed E-state index contributed by atoms with van der Waals surface area (Å²) >= 11 is 0. The highest BCUT2D eigenvalue weighted by atomic mass is 16.4. The van der Waals surface area contributed by atoms with Gasteiger partial charge in [-0.3, -0.25) is 9.69 Å². The van der Waals surface area contributed by atoms with Crippen LogP contribution in [-0.2, 0) is 4.79 Å². The summed E-state index contributed by atoms with van der Waals surface area (Å²) in [5, 5.41) is 8.82. The number of piperidine rings is 1. The van der Waals surface area contributed by atoms with E-state index in [0.29, 0.717) is 24.4 Å². The Labute approximate surface area is 105 Å². The van der Waals surface area contributed by atoms with Crippen LogP contribution in [0.2, 0.25) is 0 Å². The molecule has 0 radical (unpaired) electrons. The van der Waals surface area contributed by atoms with Gasteiger partial charge in [-0.05, 0) is 38.1 Å². The highest BCUT2D eigenvalue weighted by molar-refractivity contribution is 5.66.